The molecular formula is C26H30N4O2. The first kappa shape index (κ1) is 20.6. The van der Waals surface area contributed by atoms with Crippen molar-refractivity contribution in [3.05, 3.63) is 66.0 Å². The maximum Gasteiger partial charge on any atom is 0.274 e. The molecule has 2 aliphatic heterocycles. The third-order valence-corrected chi connectivity index (χ3v) is 6.59. The van der Waals surface area contributed by atoms with Crippen LogP contribution in [0, 0.1) is 0 Å². The third-order valence-electron chi connectivity index (χ3n) is 6.59. The monoisotopic (exact) mass is 430 g/mol. The number of anilines is 1. The van der Waals surface area contributed by atoms with Crippen LogP contribution in [0.15, 0.2) is 54.6 Å². The van der Waals surface area contributed by atoms with E-state index in [2.05, 4.69) is 33.7 Å². The van der Waals surface area contributed by atoms with Gasteiger partial charge in [0.15, 0.2) is 0 Å². The molecule has 1 saturated heterocycles. The number of rotatable bonds is 4. The molecule has 2 aromatic carbocycles. The molecule has 166 valence electrons. The van der Waals surface area contributed by atoms with E-state index in [1.807, 2.05) is 35.2 Å². The molecule has 32 heavy (non-hydrogen) atoms. The van der Waals surface area contributed by atoms with Crippen molar-refractivity contribution < 1.29 is 9.53 Å². The normalized spacial score (nSPS) is 16.4. The van der Waals surface area contributed by atoms with Crippen molar-refractivity contribution in [2.75, 3.05) is 38.2 Å². The van der Waals surface area contributed by atoms with E-state index in [1.165, 1.54) is 6.42 Å². The lowest BCUT2D eigenvalue weighted by Gasteiger charge is -2.36. The smallest absolute Gasteiger partial charge is 0.274 e. The fourth-order valence-electron chi connectivity index (χ4n) is 4.82. The van der Waals surface area contributed by atoms with Crippen LogP contribution < -0.4 is 9.64 Å². The van der Waals surface area contributed by atoms with Gasteiger partial charge in [0, 0.05) is 50.0 Å². The predicted octanol–water partition coefficient (Wildman–Crippen LogP) is 4.25. The highest BCUT2D eigenvalue weighted by atomic mass is 16.5. The summed E-state index contributed by atoms with van der Waals surface area (Å²) in [5, 5.41) is 0. The zero-order valence-electron chi connectivity index (χ0n) is 18.7. The molecule has 0 spiro atoms. The van der Waals surface area contributed by atoms with Gasteiger partial charge in [-0.1, -0.05) is 42.8 Å². The van der Waals surface area contributed by atoms with Gasteiger partial charge in [0.05, 0.1) is 12.8 Å². The summed E-state index contributed by atoms with van der Waals surface area (Å²) in [5.74, 6) is 1.86. The first-order valence-corrected chi connectivity index (χ1v) is 11.6. The van der Waals surface area contributed by atoms with E-state index >= 15 is 0 Å². The van der Waals surface area contributed by atoms with E-state index in [4.69, 9.17) is 9.72 Å². The summed E-state index contributed by atoms with van der Waals surface area (Å²) in [7, 11) is 1.69. The Hall–Kier alpha value is -3.28. The molecule has 0 N–H and O–H groups in total. The van der Waals surface area contributed by atoms with Crippen LogP contribution in [-0.4, -0.2) is 53.6 Å². The number of benzene rings is 2. The number of hydrogen-bond acceptors (Lipinski definition) is 4. The largest absolute Gasteiger partial charge is 0.497 e. The average molecular weight is 431 g/mol. The maximum atomic E-state index is 13.6. The minimum absolute atomic E-state index is 0.0723. The molecule has 5 rings (SSSR count). The number of piperazine rings is 1. The number of aromatic nitrogens is 2. The topological polar surface area (TPSA) is 50.6 Å². The van der Waals surface area contributed by atoms with Gasteiger partial charge in [-0.15, -0.1) is 0 Å². The molecule has 0 radical (unpaired) electrons. The SMILES string of the molecule is COc1cccc(N2CCN(C(=O)c3nc(-c4ccccc4)n4c3CCCCC4)CC2)c1. The Balaban J connectivity index is 1.37. The van der Waals surface area contributed by atoms with E-state index in [-0.39, 0.29) is 5.91 Å². The molecule has 0 aliphatic carbocycles. The number of fused-ring (bicyclic) bond motifs is 1. The molecule has 6 heteroatoms. The Kier molecular flexibility index (Phi) is 5.84. The van der Waals surface area contributed by atoms with Gasteiger partial charge in [-0.05, 0) is 31.4 Å². The second-order valence-corrected chi connectivity index (χ2v) is 8.54. The number of methoxy groups -OCH3 is 1. The van der Waals surface area contributed by atoms with Gasteiger partial charge in [0.2, 0.25) is 0 Å². The third kappa shape index (κ3) is 3.97. The number of hydrogen-bond donors (Lipinski definition) is 0. The van der Waals surface area contributed by atoms with E-state index in [0.29, 0.717) is 18.8 Å². The Morgan fingerprint density at radius 2 is 1.72 bits per heavy atom. The predicted molar refractivity (Wildman–Crippen MR) is 126 cm³/mol. The number of carbonyl (C=O) groups is 1. The van der Waals surface area contributed by atoms with Gasteiger partial charge >= 0.3 is 0 Å². The number of carbonyl (C=O) groups excluding carboxylic acids is 1. The molecular weight excluding hydrogens is 400 g/mol. The summed E-state index contributed by atoms with van der Waals surface area (Å²) in [4.78, 5) is 22.8. The summed E-state index contributed by atoms with van der Waals surface area (Å²) in [6, 6.07) is 18.4. The quantitative estimate of drug-likeness (QED) is 0.621. The van der Waals surface area contributed by atoms with E-state index in [9.17, 15) is 4.79 Å². The highest BCUT2D eigenvalue weighted by Crippen LogP contribution is 2.28. The Morgan fingerprint density at radius 1 is 0.906 bits per heavy atom. The Labute approximate surface area is 189 Å². The van der Waals surface area contributed by atoms with Crippen LogP contribution in [0.2, 0.25) is 0 Å². The van der Waals surface area contributed by atoms with Crippen molar-refractivity contribution in [2.45, 2.75) is 32.2 Å². The van der Waals surface area contributed by atoms with Gasteiger partial charge in [0.1, 0.15) is 17.3 Å². The van der Waals surface area contributed by atoms with Crippen LogP contribution in [0.25, 0.3) is 11.4 Å². The van der Waals surface area contributed by atoms with Gasteiger partial charge in [-0.3, -0.25) is 4.79 Å². The maximum absolute atomic E-state index is 13.6. The molecule has 3 aromatic rings. The molecule has 0 atom stereocenters. The van der Waals surface area contributed by atoms with Gasteiger partial charge < -0.3 is 19.1 Å². The van der Waals surface area contributed by atoms with Crippen LogP contribution in [-0.2, 0) is 13.0 Å². The first-order chi connectivity index (χ1) is 15.7. The molecule has 1 amide bonds. The number of ether oxygens (including phenoxy) is 1. The highest BCUT2D eigenvalue weighted by Gasteiger charge is 2.29. The van der Waals surface area contributed by atoms with Crippen LogP contribution in [0.5, 0.6) is 5.75 Å². The molecule has 0 saturated carbocycles. The van der Waals surface area contributed by atoms with Crippen molar-refractivity contribution in [3.63, 3.8) is 0 Å². The molecule has 6 nitrogen and oxygen atoms in total. The average Bonchev–Trinajstić information content (AvgIpc) is 3.04. The van der Waals surface area contributed by atoms with Crippen molar-refractivity contribution in [1.29, 1.82) is 0 Å². The zero-order valence-corrected chi connectivity index (χ0v) is 18.7. The van der Waals surface area contributed by atoms with Crippen LogP contribution in [0.1, 0.15) is 35.4 Å². The fraction of sp³-hybridized carbons (Fsp3) is 0.385. The van der Waals surface area contributed by atoms with Crippen LogP contribution >= 0.6 is 0 Å². The molecule has 1 fully saturated rings. The second-order valence-electron chi connectivity index (χ2n) is 8.54. The fourth-order valence-corrected chi connectivity index (χ4v) is 4.82. The Morgan fingerprint density at radius 3 is 2.50 bits per heavy atom. The van der Waals surface area contributed by atoms with Crippen molar-refractivity contribution >= 4 is 11.6 Å². The standard InChI is InChI=1S/C26H30N4O2/c1-32-22-12-8-11-21(19-22)28-15-17-29(18-16-28)26(31)24-23-13-6-3-7-14-30(23)25(27-24)20-9-4-2-5-10-20/h2,4-5,8-12,19H,3,6-7,13-18H2,1H3. The van der Waals surface area contributed by atoms with Gasteiger partial charge in [0.25, 0.3) is 5.91 Å². The summed E-state index contributed by atoms with van der Waals surface area (Å²) in [6.07, 6.45) is 4.37. The van der Waals surface area contributed by atoms with Gasteiger partial charge in [-0.25, -0.2) is 4.98 Å². The van der Waals surface area contributed by atoms with E-state index < -0.39 is 0 Å². The minimum atomic E-state index is 0.0723. The van der Waals surface area contributed by atoms with E-state index in [1.54, 1.807) is 7.11 Å². The van der Waals surface area contributed by atoms with Crippen molar-refractivity contribution in [2.24, 2.45) is 0 Å². The molecule has 2 aliphatic rings. The van der Waals surface area contributed by atoms with Gasteiger partial charge in [-0.2, -0.15) is 0 Å². The minimum Gasteiger partial charge on any atom is -0.497 e. The Bertz CT molecular complexity index is 1080. The number of nitrogens with zero attached hydrogens (tertiary/aromatic N) is 4. The summed E-state index contributed by atoms with van der Waals surface area (Å²) in [5.41, 5.74) is 3.98. The van der Waals surface area contributed by atoms with Crippen LogP contribution in [0.4, 0.5) is 5.69 Å². The number of amides is 1. The summed E-state index contributed by atoms with van der Waals surface area (Å²) < 4.78 is 7.66. The zero-order chi connectivity index (χ0) is 21.9. The summed E-state index contributed by atoms with van der Waals surface area (Å²) >= 11 is 0. The van der Waals surface area contributed by atoms with E-state index in [0.717, 1.165) is 67.4 Å². The van der Waals surface area contributed by atoms with Crippen LogP contribution in [0.3, 0.4) is 0 Å². The lowest BCUT2D eigenvalue weighted by Crippen LogP contribution is -2.49. The van der Waals surface area contributed by atoms with Crippen molar-refractivity contribution in [1.82, 2.24) is 14.5 Å². The molecule has 1 aromatic heterocycles. The molecule has 0 bridgehead atoms. The first-order valence-electron chi connectivity index (χ1n) is 11.6. The molecule has 3 heterocycles. The lowest BCUT2D eigenvalue weighted by molar-refractivity contribution is 0.0740. The van der Waals surface area contributed by atoms with Crippen molar-refractivity contribution in [3.8, 4) is 17.1 Å². The highest BCUT2D eigenvalue weighted by molar-refractivity contribution is 5.94. The number of imidazole rings is 1. The molecule has 0 unspecified atom stereocenters. The second kappa shape index (κ2) is 9.07. The lowest BCUT2D eigenvalue weighted by atomic mass is 10.1. The summed E-state index contributed by atoms with van der Waals surface area (Å²) in [6.45, 7) is 3.94.